The lowest BCUT2D eigenvalue weighted by atomic mass is 9.88. The van der Waals surface area contributed by atoms with Crippen molar-refractivity contribution in [1.29, 1.82) is 0 Å². The Morgan fingerprint density at radius 3 is 2.42 bits per heavy atom. The maximum Gasteiger partial charge on any atom is 0.139 e. The van der Waals surface area contributed by atoms with Gasteiger partial charge in [0, 0.05) is 16.9 Å². The molecular weight excluding hydrogens is 257 g/mol. The van der Waals surface area contributed by atoms with Crippen molar-refractivity contribution in [2.75, 3.05) is 7.11 Å². The van der Waals surface area contributed by atoms with Gasteiger partial charge in [0.05, 0.1) is 13.2 Å². The van der Waals surface area contributed by atoms with Gasteiger partial charge in [0.1, 0.15) is 18.3 Å². The lowest BCUT2D eigenvalue weighted by Gasteiger charge is -2.27. The van der Waals surface area contributed by atoms with E-state index >= 15 is 0 Å². The maximum absolute atomic E-state index is 12.2. The van der Waals surface area contributed by atoms with Crippen molar-refractivity contribution >= 4 is 24.7 Å². The Morgan fingerprint density at radius 2 is 1.95 bits per heavy atom. The van der Waals surface area contributed by atoms with E-state index in [0.717, 1.165) is 16.9 Å². The van der Waals surface area contributed by atoms with E-state index in [0.29, 0.717) is 0 Å². The Balaban J connectivity index is 3.00. The first-order valence-electron chi connectivity index (χ1n) is 6.50. The van der Waals surface area contributed by atoms with Gasteiger partial charge < -0.3 is 9.29 Å². The van der Waals surface area contributed by atoms with Gasteiger partial charge in [0.2, 0.25) is 0 Å². The molecule has 0 aliphatic heterocycles. The highest BCUT2D eigenvalue weighted by Gasteiger charge is 2.29. The van der Waals surface area contributed by atoms with Gasteiger partial charge >= 0.3 is 0 Å². The second-order valence-corrected chi connectivity index (χ2v) is 7.85. The van der Waals surface area contributed by atoms with Crippen molar-refractivity contribution in [3.8, 4) is 5.75 Å². The minimum absolute atomic E-state index is 0.0192. The van der Waals surface area contributed by atoms with Gasteiger partial charge in [0.25, 0.3) is 0 Å². The van der Waals surface area contributed by atoms with Crippen LogP contribution in [0.15, 0.2) is 12.1 Å². The van der Waals surface area contributed by atoms with Crippen molar-refractivity contribution in [2.24, 2.45) is 0 Å². The molecule has 0 spiro atoms. The van der Waals surface area contributed by atoms with Crippen LogP contribution in [0.5, 0.6) is 5.75 Å². The Kier molecular flexibility index (Phi) is 5.36. The molecule has 1 aromatic carbocycles. The largest absolute Gasteiger partial charge is 0.598 e. The van der Waals surface area contributed by atoms with Crippen molar-refractivity contribution in [2.45, 2.75) is 45.4 Å². The van der Waals surface area contributed by atoms with Crippen LogP contribution in [0.3, 0.4) is 0 Å². The topological polar surface area (TPSA) is 44.3 Å². The van der Waals surface area contributed by atoms with Gasteiger partial charge in [-0.2, -0.15) is 0 Å². The van der Waals surface area contributed by atoms with Crippen LogP contribution in [0.1, 0.15) is 44.9 Å². The third kappa shape index (κ3) is 3.91. The van der Waals surface area contributed by atoms with Crippen molar-refractivity contribution < 1.29 is 9.29 Å². The summed E-state index contributed by atoms with van der Waals surface area (Å²) in [7, 11) is 3.74. The number of nitrogens with one attached hydrogen (secondary N) is 1. The summed E-state index contributed by atoms with van der Waals surface area (Å²) in [6.07, 6.45) is 0. The summed E-state index contributed by atoms with van der Waals surface area (Å²) < 4.78 is 20.5. The quantitative estimate of drug-likeness (QED) is 0.670. The molecule has 0 aliphatic rings. The molecule has 0 amide bonds. The molecule has 0 aliphatic carbocycles. The lowest BCUT2D eigenvalue weighted by Crippen LogP contribution is -2.40. The predicted octanol–water partition coefficient (Wildman–Crippen LogP) is 1.37. The molecular formula is C14H24BNO2S. The molecule has 0 fully saturated rings. The van der Waals surface area contributed by atoms with E-state index in [9.17, 15) is 4.55 Å². The fraction of sp³-hybridized carbons (Fsp3) is 0.571. The molecule has 0 saturated carbocycles. The molecule has 19 heavy (non-hydrogen) atoms. The molecule has 5 heteroatoms. The molecule has 0 saturated heterocycles. The molecule has 0 bridgehead atoms. The Morgan fingerprint density at radius 1 is 1.37 bits per heavy atom. The average Bonchev–Trinajstić information content (AvgIpc) is 2.30. The van der Waals surface area contributed by atoms with Crippen LogP contribution in [-0.2, 0) is 11.4 Å². The second-order valence-electron chi connectivity index (χ2n) is 5.85. The van der Waals surface area contributed by atoms with Crippen molar-refractivity contribution in [3.05, 3.63) is 23.3 Å². The fourth-order valence-corrected chi connectivity index (χ4v) is 2.63. The summed E-state index contributed by atoms with van der Waals surface area (Å²) in [5, 5.41) is 0. The van der Waals surface area contributed by atoms with Crippen LogP contribution in [0.2, 0.25) is 0 Å². The summed E-state index contributed by atoms with van der Waals surface area (Å²) in [6, 6.07) is 4.10. The second kappa shape index (κ2) is 6.20. The summed E-state index contributed by atoms with van der Waals surface area (Å²) in [4.78, 5) is 0. The first-order valence-corrected chi connectivity index (χ1v) is 7.65. The maximum atomic E-state index is 12.2. The van der Waals surface area contributed by atoms with E-state index in [-0.39, 0.29) is 10.8 Å². The third-order valence-electron chi connectivity index (χ3n) is 3.22. The first-order chi connectivity index (χ1) is 8.68. The van der Waals surface area contributed by atoms with Crippen molar-refractivity contribution in [1.82, 2.24) is 4.72 Å². The van der Waals surface area contributed by atoms with Gasteiger partial charge in [0.15, 0.2) is 0 Å². The zero-order chi connectivity index (χ0) is 14.8. The minimum Gasteiger partial charge on any atom is -0.598 e. The lowest BCUT2D eigenvalue weighted by molar-refractivity contribution is 0.402. The number of benzene rings is 1. The molecule has 2 atom stereocenters. The van der Waals surface area contributed by atoms with Crippen LogP contribution < -0.4 is 14.9 Å². The van der Waals surface area contributed by atoms with E-state index in [1.165, 1.54) is 5.46 Å². The zero-order valence-corrected chi connectivity index (χ0v) is 13.8. The summed E-state index contributed by atoms with van der Waals surface area (Å²) in [5.41, 5.74) is 3.38. The molecule has 106 valence electrons. The molecule has 0 heterocycles. The van der Waals surface area contributed by atoms with Gasteiger partial charge in [-0.25, -0.2) is 0 Å². The standard InChI is InChI=1S/C14H24BNO2S/c1-9-12(15)8-7-11(13(9)18-6)10(2)16-19(17)14(3,4)5/h7-8,10,16H,15H2,1-6H3. The van der Waals surface area contributed by atoms with E-state index in [1.54, 1.807) is 7.11 Å². The van der Waals surface area contributed by atoms with Crippen LogP contribution in [0.4, 0.5) is 0 Å². The van der Waals surface area contributed by atoms with E-state index in [4.69, 9.17) is 4.74 Å². The molecule has 3 nitrogen and oxygen atoms in total. The number of ether oxygens (including phenoxy) is 1. The molecule has 1 rings (SSSR count). The van der Waals surface area contributed by atoms with Gasteiger partial charge in [-0.05, 0) is 40.2 Å². The van der Waals surface area contributed by atoms with Gasteiger partial charge in [-0.15, -0.1) is 4.72 Å². The highest BCUT2D eigenvalue weighted by atomic mass is 32.2. The van der Waals surface area contributed by atoms with E-state index < -0.39 is 11.4 Å². The van der Waals surface area contributed by atoms with E-state index in [2.05, 4.69) is 18.6 Å². The van der Waals surface area contributed by atoms with Gasteiger partial charge in [-0.1, -0.05) is 17.6 Å². The number of hydrogen-bond acceptors (Lipinski definition) is 3. The molecule has 0 radical (unpaired) electrons. The molecule has 1 N–H and O–H groups in total. The average molecular weight is 281 g/mol. The fourth-order valence-electron chi connectivity index (χ4n) is 1.82. The monoisotopic (exact) mass is 281 g/mol. The highest BCUT2D eigenvalue weighted by molar-refractivity contribution is 7.90. The minimum atomic E-state index is -1.10. The summed E-state index contributed by atoms with van der Waals surface area (Å²) in [5.74, 6) is 0.880. The van der Waals surface area contributed by atoms with E-state index in [1.807, 2.05) is 40.7 Å². The normalized spacial score (nSPS) is 15.1. The Labute approximate surface area is 120 Å². The van der Waals surface area contributed by atoms with Crippen LogP contribution in [-0.4, -0.2) is 24.3 Å². The summed E-state index contributed by atoms with van der Waals surface area (Å²) >= 11 is -1.10. The van der Waals surface area contributed by atoms with Crippen LogP contribution in [0.25, 0.3) is 0 Å². The number of methoxy groups -OCH3 is 1. The van der Waals surface area contributed by atoms with Gasteiger partial charge in [-0.3, -0.25) is 0 Å². The van der Waals surface area contributed by atoms with Crippen molar-refractivity contribution in [3.63, 3.8) is 0 Å². The highest BCUT2D eigenvalue weighted by Crippen LogP contribution is 2.28. The predicted molar refractivity (Wildman–Crippen MR) is 85.4 cm³/mol. The SMILES string of the molecule is Bc1ccc(C(C)N[S+]([O-])C(C)(C)C)c(OC)c1C. The van der Waals surface area contributed by atoms with Crippen LogP contribution >= 0.6 is 0 Å². The third-order valence-corrected chi connectivity index (χ3v) is 4.90. The Bertz CT molecular complexity index is 446. The number of rotatable bonds is 4. The Hall–Kier alpha value is -0.645. The zero-order valence-electron chi connectivity index (χ0n) is 13.0. The molecule has 0 aromatic heterocycles. The smallest absolute Gasteiger partial charge is 0.139 e. The summed E-state index contributed by atoms with van der Waals surface area (Å²) in [6.45, 7) is 9.93. The van der Waals surface area contributed by atoms with Crippen LogP contribution in [0, 0.1) is 6.92 Å². The number of hydrogen-bond donors (Lipinski definition) is 1. The molecule has 2 unspecified atom stereocenters. The molecule has 1 aromatic rings. The first kappa shape index (κ1) is 16.4.